The fourth-order valence-corrected chi connectivity index (χ4v) is 4.06. The van der Waals surface area contributed by atoms with Crippen LogP contribution < -0.4 is 0 Å². The van der Waals surface area contributed by atoms with Crippen LogP contribution in [0.1, 0.15) is 29.8 Å². The molecule has 0 aliphatic heterocycles. The van der Waals surface area contributed by atoms with Crippen molar-refractivity contribution in [2.75, 3.05) is 0 Å². The smallest absolute Gasteiger partial charge is 0.341 e. The van der Waals surface area contributed by atoms with Crippen LogP contribution in [0.2, 0.25) is 0 Å². The SMILES string of the molecule is CC(C)N(Cc1ccccc1)S(=O)(=O)c1ccc(F)c(C(=O)O)c1F. The minimum atomic E-state index is -4.37. The van der Waals surface area contributed by atoms with E-state index in [1.165, 1.54) is 0 Å². The summed E-state index contributed by atoms with van der Waals surface area (Å²) in [6.45, 7) is 3.19. The van der Waals surface area contributed by atoms with E-state index in [0.29, 0.717) is 11.6 Å². The molecule has 25 heavy (non-hydrogen) atoms. The zero-order valence-electron chi connectivity index (χ0n) is 13.6. The fraction of sp³-hybridized carbons (Fsp3) is 0.235. The van der Waals surface area contributed by atoms with Crippen LogP contribution in [0.15, 0.2) is 47.4 Å². The van der Waals surface area contributed by atoms with Gasteiger partial charge in [-0.1, -0.05) is 30.3 Å². The molecule has 0 saturated carbocycles. The Labute approximate surface area is 144 Å². The van der Waals surface area contributed by atoms with E-state index in [4.69, 9.17) is 5.11 Å². The van der Waals surface area contributed by atoms with E-state index < -0.39 is 44.1 Å². The molecule has 8 heteroatoms. The molecule has 0 bridgehead atoms. The molecule has 1 N–H and O–H groups in total. The van der Waals surface area contributed by atoms with E-state index >= 15 is 0 Å². The van der Waals surface area contributed by atoms with Gasteiger partial charge in [0.1, 0.15) is 16.3 Å². The number of carboxylic acid groups (broad SMARTS) is 1. The lowest BCUT2D eigenvalue weighted by Crippen LogP contribution is -2.37. The van der Waals surface area contributed by atoms with Gasteiger partial charge in [-0.3, -0.25) is 0 Å². The maximum Gasteiger partial charge on any atom is 0.341 e. The minimum absolute atomic E-state index is 0.0277. The molecule has 2 rings (SSSR count). The number of halogens is 2. The fourth-order valence-electron chi connectivity index (χ4n) is 2.36. The van der Waals surface area contributed by atoms with Crippen molar-refractivity contribution in [2.24, 2.45) is 0 Å². The van der Waals surface area contributed by atoms with Gasteiger partial charge in [0.05, 0.1) is 0 Å². The van der Waals surface area contributed by atoms with Crippen LogP contribution in [0.3, 0.4) is 0 Å². The van der Waals surface area contributed by atoms with Crippen molar-refractivity contribution in [2.45, 2.75) is 31.3 Å². The summed E-state index contributed by atoms with van der Waals surface area (Å²) in [4.78, 5) is 10.2. The Hall–Kier alpha value is -2.32. The summed E-state index contributed by atoms with van der Waals surface area (Å²) in [5, 5.41) is 8.93. The molecule has 134 valence electrons. The molecule has 0 heterocycles. The van der Waals surface area contributed by atoms with Gasteiger partial charge < -0.3 is 5.11 Å². The van der Waals surface area contributed by atoms with Crippen molar-refractivity contribution < 1.29 is 27.1 Å². The third kappa shape index (κ3) is 3.85. The lowest BCUT2D eigenvalue weighted by atomic mass is 10.2. The molecule has 0 atom stereocenters. The van der Waals surface area contributed by atoms with Gasteiger partial charge >= 0.3 is 5.97 Å². The average molecular weight is 369 g/mol. The predicted molar refractivity (Wildman–Crippen MR) is 87.6 cm³/mol. The normalized spacial score (nSPS) is 11.9. The Morgan fingerprint density at radius 2 is 1.72 bits per heavy atom. The van der Waals surface area contributed by atoms with Gasteiger partial charge in [-0.25, -0.2) is 22.0 Å². The Morgan fingerprint density at radius 1 is 1.12 bits per heavy atom. The molecular weight excluding hydrogens is 352 g/mol. The first kappa shape index (κ1) is 19.0. The topological polar surface area (TPSA) is 74.7 Å². The molecule has 2 aromatic rings. The van der Waals surface area contributed by atoms with Crippen LogP contribution in [0.25, 0.3) is 0 Å². The number of nitrogens with zero attached hydrogens (tertiary/aromatic N) is 1. The summed E-state index contributed by atoms with van der Waals surface area (Å²) in [6.07, 6.45) is 0. The Morgan fingerprint density at radius 3 is 2.24 bits per heavy atom. The van der Waals surface area contributed by atoms with Crippen molar-refractivity contribution in [3.63, 3.8) is 0 Å². The molecule has 5 nitrogen and oxygen atoms in total. The summed E-state index contributed by atoms with van der Waals surface area (Å²) < 4.78 is 54.7. The van der Waals surface area contributed by atoms with Crippen LogP contribution in [0.5, 0.6) is 0 Å². The quantitative estimate of drug-likeness (QED) is 0.848. The molecule has 0 aliphatic rings. The highest BCUT2D eigenvalue weighted by atomic mass is 32.2. The highest BCUT2D eigenvalue weighted by Crippen LogP contribution is 2.26. The number of benzene rings is 2. The molecule has 0 radical (unpaired) electrons. The Bertz CT molecular complexity index is 883. The van der Waals surface area contributed by atoms with Crippen LogP contribution in [-0.4, -0.2) is 29.8 Å². The van der Waals surface area contributed by atoms with Crippen molar-refractivity contribution in [1.82, 2.24) is 4.31 Å². The zero-order valence-corrected chi connectivity index (χ0v) is 14.4. The molecular formula is C17H17F2NO4S. The van der Waals surface area contributed by atoms with E-state index in [0.717, 1.165) is 10.4 Å². The van der Waals surface area contributed by atoms with Crippen LogP contribution >= 0.6 is 0 Å². The van der Waals surface area contributed by atoms with E-state index in [1.54, 1.807) is 44.2 Å². The van der Waals surface area contributed by atoms with E-state index in [1.807, 2.05) is 0 Å². The standard InChI is InChI=1S/C17H17F2NO4S/c1-11(2)20(10-12-6-4-3-5-7-12)25(23,24)14-9-8-13(18)15(16(14)19)17(21)22/h3-9,11H,10H2,1-2H3,(H,21,22). The van der Waals surface area contributed by atoms with Gasteiger partial charge in [-0.05, 0) is 31.5 Å². The third-order valence-corrected chi connectivity index (χ3v) is 5.65. The first-order chi connectivity index (χ1) is 11.7. The van der Waals surface area contributed by atoms with E-state index in [2.05, 4.69) is 0 Å². The minimum Gasteiger partial charge on any atom is -0.477 e. The van der Waals surface area contributed by atoms with Gasteiger partial charge in [-0.2, -0.15) is 4.31 Å². The third-order valence-electron chi connectivity index (χ3n) is 3.61. The number of hydrogen-bond acceptors (Lipinski definition) is 3. The maximum atomic E-state index is 14.4. The van der Waals surface area contributed by atoms with Crippen molar-refractivity contribution in [1.29, 1.82) is 0 Å². The summed E-state index contributed by atoms with van der Waals surface area (Å²) >= 11 is 0. The summed E-state index contributed by atoms with van der Waals surface area (Å²) in [7, 11) is -4.37. The number of sulfonamides is 1. The molecule has 0 spiro atoms. The number of carboxylic acids is 1. The van der Waals surface area contributed by atoms with Crippen molar-refractivity contribution >= 4 is 16.0 Å². The first-order valence-electron chi connectivity index (χ1n) is 7.43. The first-order valence-corrected chi connectivity index (χ1v) is 8.87. The van der Waals surface area contributed by atoms with Gasteiger partial charge in [0.25, 0.3) is 0 Å². The molecule has 0 amide bonds. The Kier molecular flexibility index (Phi) is 5.54. The van der Waals surface area contributed by atoms with Crippen molar-refractivity contribution in [3.05, 3.63) is 65.2 Å². The predicted octanol–water partition coefficient (Wildman–Crippen LogP) is 3.26. The van der Waals surface area contributed by atoms with Crippen molar-refractivity contribution in [3.8, 4) is 0 Å². The maximum absolute atomic E-state index is 14.4. The van der Waals surface area contributed by atoms with Gasteiger partial charge in [0.2, 0.25) is 10.0 Å². The van der Waals surface area contributed by atoms with Crippen LogP contribution in [0, 0.1) is 11.6 Å². The van der Waals surface area contributed by atoms with Gasteiger partial charge in [0.15, 0.2) is 5.82 Å². The second-order valence-electron chi connectivity index (χ2n) is 5.67. The molecule has 0 unspecified atom stereocenters. The second-order valence-corrected chi connectivity index (χ2v) is 7.53. The lowest BCUT2D eigenvalue weighted by molar-refractivity contribution is 0.0685. The molecule has 0 aliphatic carbocycles. The summed E-state index contributed by atoms with van der Waals surface area (Å²) in [5.41, 5.74) is -0.606. The average Bonchev–Trinajstić information content (AvgIpc) is 2.52. The number of aromatic carboxylic acids is 1. The number of rotatable bonds is 6. The van der Waals surface area contributed by atoms with E-state index in [9.17, 15) is 22.0 Å². The second kappa shape index (κ2) is 7.28. The number of hydrogen-bond donors (Lipinski definition) is 1. The lowest BCUT2D eigenvalue weighted by Gasteiger charge is -2.26. The molecule has 0 aromatic heterocycles. The largest absolute Gasteiger partial charge is 0.477 e. The summed E-state index contributed by atoms with van der Waals surface area (Å²) in [6, 6.07) is 9.54. The molecule has 0 saturated heterocycles. The van der Waals surface area contributed by atoms with Gasteiger partial charge in [0, 0.05) is 12.6 Å². The van der Waals surface area contributed by atoms with Crippen LogP contribution in [-0.2, 0) is 16.6 Å². The molecule has 0 fully saturated rings. The van der Waals surface area contributed by atoms with Gasteiger partial charge in [-0.15, -0.1) is 0 Å². The number of carbonyl (C=O) groups is 1. The molecule has 2 aromatic carbocycles. The monoisotopic (exact) mass is 369 g/mol. The summed E-state index contributed by atoms with van der Waals surface area (Å²) in [5.74, 6) is -4.81. The zero-order chi connectivity index (χ0) is 18.8. The highest BCUT2D eigenvalue weighted by molar-refractivity contribution is 7.89. The van der Waals surface area contributed by atoms with Crippen LogP contribution in [0.4, 0.5) is 8.78 Å². The highest BCUT2D eigenvalue weighted by Gasteiger charge is 2.33. The Balaban J connectivity index is 2.55. The van der Waals surface area contributed by atoms with E-state index in [-0.39, 0.29) is 6.54 Å².